The summed E-state index contributed by atoms with van der Waals surface area (Å²) in [4.78, 5) is 4.36. The highest BCUT2D eigenvalue weighted by molar-refractivity contribution is 5.80. The van der Waals surface area contributed by atoms with E-state index in [4.69, 9.17) is 18.9 Å². The van der Waals surface area contributed by atoms with E-state index in [-0.39, 0.29) is 6.04 Å². The van der Waals surface area contributed by atoms with Gasteiger partial charge in [0.2, 0.25) is 0 Å². The Kier molecular flexibility index (Phi) is 11.2. The van der Waals surface area contributed by atoms with Gasteiger partial charge in [-0.2, -0.15) is 0 Å². The van der Waals surface area contributed by atoms with Crippen molar-refractivity contribution < 1.29 is 18.9 Å². The summed E-state index contributed by atoms with van der Waals surface area (Å²) in [6, 6.07) is 14.1. The minimum Gasteiger partial charge on any atom is -0.493 e. The van der Waals surface area contributed by atoms with Gasteiger partial charge in [-0.05, 0) is 56.2 Å². The Morgan fingerprint density at radius 2 is 1.75 bits per heavy atom. The van der Waals surface area contributed by atoms with Crippen LogP contribution < -0.4 is 24.8 Å². The molecule has 0 amide bonds. The zero-order valence-electron chi connectivity index (χ0n) is 19.9. The third-order valence-electron chi connectivity index (χ3n) is 4.76. The van der Waals surface area contributed by atoms with Crippen LogP contribution >= 0.6 is 0 Å². The van der Waals surface area contributed by atoms with Crippen molar-refractivity contribution in [1.82, 2.24) is 10.6 Å². The van der Waals surface area contributed by atoms with Gasteiger partial charge in [0.15, 0.2) is 17.5 Å². The van der Waals surface area contributed by atoms with E-state index in [1.54, 1.807) is 14.2 Å². The Hall–Kier alpha value is -2.93. The fraction of sp³-hybridized carbons (Fsp3) is 0.480. The van der Waals surface area contributed by atoms with Gasteiger partial charge in [0.05, 0.1) is 25.9 Å². The molecule has 0 saturated heterocycles. The molecule has 0 fully saturated rings. The number of hydrogen-bond acceptors (Lipinski definition) is 5. The number of nitrogens with zero attached hydrogens (tertiary/aromatic N) is 1. The molecule has 0 aliphatic heterocycles. The number of hydrogen-bond donors (Lipinski definition) is 2. The molecule has 0 aliphatic carbocycles. The van der Waals surface area contributed by atoms with Crippen LogP contribution in [0.25, 0.3) is 0 Å². The van der Waals surface area contributed by atoms with Crippen LogP contribution in [0.5, 0.6) is 17.2 Å². The summed E-state index contributed by atoms with van der Waals surface area (Å²) in [7, 11) is 3.46. The predicted molar refractivity (Wildman–Crippen MR) is 129 cm³/mol. The third kappa shape index (κ3) is 8.30. The lowest BCUT2D eigenvalue weighted by Crippen LogP contribution is -2.38. The zero-order chi connectivity index (χ0) is 23.2. The van der Waals surface area contributed by atoms with E-state index in [1.165, 1.54) is 0 Å². The monoisotopic (exact) mass is 443 g/mol. The maximum Gasteiger partial charge on any atom is 0.191 e. The molecule has 1 unspecified atom stereocenters. The largest absolute Gasteiger partial charge is 0.493 e. The third-order valence-corrected chi connectivity index (χ3v) is 4.76. The molecular weight excluding hydrogens is 406 g/mol. The molecule has 0 saturated carbocycles. The van der Waals surface area contributed by atoms with Crippen molar-refractivity contribution in [3.8, 4) is 17.2 Å². The summed E-state index contributed by atoms with van der Waals surface area (Å²) in [6.07, 6.45) is 0.865. The first-order valence-electron chi connectivity index (χ1n) is 11.2. The molecular formula is C25H37N3O4. The molecule has 0 spiro atoms. The van der Waals surface area contributed by atoms with Crippen molar-refractivity contribution in [2.75, 3.05) is 40.6 Å². The Morgan fingerprint density at radius 3 is 2.47 bits per heavy atom. The number of rotatable bonds is 13. The molecule has 32 heavy (non-hydrogen) atoms. The van der Waals surface area contributed by atoms with Gasteiger partial charge < -0.3 is 29.6 Å². The topological polar surface area (TPSA) is 73.3 Å². The second-order valence-corrected chi connectivity index (χ2v) is 7.21. The normalized spacial score (nSPS) is 12.2. The van der Waals surface area contributed by atoms with Crippen molar-refractivity contribution in [3.63, 3.8) is 0 Å². The number of ether oxygens (including phenoxy) is 4. The molecule has 7 heteroatoms. The molecule has 2 aromatic rings. The minimum atomic E-state index is 0.0338. The second-order valence-electron chi connectivity index (χ2n) is 7.21. The van der Waals surface area contributed by atoms with Crippen LogP contribution in [-0.4, -0.2) is 46.5 Å². The van der Waals surface area contributed by atoms with E-state index in [0.717, 1.165) is 40.8 Å². The lowest BCUT2D eigenvalue weighted by Gasteiger charge is -2.20. The molecule has 0 aliphatic rings. The van der Waals surface area contributed by atoms with Crippen LogP contribution in [-0.2, 0) is 11.3 Å². The Labute approximate surface area is 192 Å². The molecule has 0 aromatic heterocycles. The number of aliphatic imine (C=N–C) groups is 1. The van der Waals surface area contributed by atoms with Crippen molar-refractivity contribution in [2.45, 2.75) is 39.8 Å². The van der Waals surface area contributed by atoms with Crippen molar-refractivity contribution in [1.29, 1.82) is 0 Å². The smallest absolute Gasteiger partial charge is 0.191 e. The molecule has 0 heterocycles. The van der Waals surface area contributed by atoms with E-state index >= 15 is 0 Å². The predicted octanol–water partition coefficient (Wildman–Crippen LogP) is 4.33. The lowest BCUT2D eigenvalue weighted by atomic mass is 10.1. The van der Waals surface area contributed by atoms with Crippen LogP contribution in [0.4, 0.5) is 0 Å². The lowest BCUT2D eigenvalue weighted by molar-refractivity contribution is 0.172. The number of guanidine groups is 1. The first kappa shape index (κ1) is 25.3. The van der Waals surface area contributed by atoms with E-state index in [1.807, 2.05) is 50.2 Å². The fourth-order valence-corrected chi connectivity index (χ4v) is 3.14. The van der Waals surface area contributed by atoms with Gasteiger partial charge in [0, 0.05) is 33.7 Å². The summed E-state index contributed by atoms with van der Waals surface area (Å²) in [6.45, 7) is 9.18. The summed E-state index contributed by atoms with van der Waals surface area (Å²) >= 11 is 0. The number of benzene rings is 2. The van der Waals surface area contributed by atoms with Crippen molar-refractivity contribution in [3.05, 3.63) is 53.6 Å². The van der Waals surface area contributed by atoms with Gasteiger partial charge >= 0.3 is 0 Å². The van der Waals surface area contributed by atoms with Crippen LogP contribution in [0.2, 0.25) is 0 Å². The van der Waals surface area contributed by atoms with Gasteiger partial charge in [-0.15, -0.1) is 0 Å². The summed E-state index contributed by atoms with van der Waals surface area (Å²) < 4.78 is 22.3. The van der Waals surface area contributed by atoms with Crippen LogP contribution in [0.3, 0.4) is 0 Å². The van der Waals surface area contributed by atoms with Gasteiger partial charge in [-0.25, -0.2) is 0 Å². The molecule has 7 nitrogen and oxygen atoms in total. The highest BCUT2D eigenvalue weighted by atomic mass is 16.5. The first-order chi connectivity index (χ1) is 15.6. The minimum absolute atomic E-state index is 0.0338. The molecule has 176 valence electrons. The molecule has 2 N–H and O–H groups in total. The molecule has 1 atom stereocenters. The van der Waals surface area contributed by atoms with Crippen LogP contribution in [0.15, 0.2) is 47.5 Å². The highest BCUT2D eigenvalue weighted by Gasteiger charge is 2.12. The number of methoxy groups -OCH3 is 1. The maximum atomic E-state index is 5.79. The quantitative estimate of drug-likeness (QED) is 0.273. The average molecular weight is 444 g/mol. The summed E-state index contributed by atoms with van der Waals surface area (Å²) in [5.41, 5.74) is 2.20. The van der Waals surface area contributed by atoms with Crippen LogP contribution in [0, 0.1) is 0 Å². The van der Waals surface area contributed by atoms with Crippen molar-refractivity contribution >= 4 is 5.96 Å². The van der Waals surface area contributed by atoms with Gasteiger partial charge in [-0.1, -0.05) is 18.2 Å². The maximum absolute atomic E-state index is 5.79. The second kappa shape index (κ2) is 14.2. The summed E-state index contributed by atoms with van der Waals surface area (Å²) in [5, 5.41) is 6.80. The highest BCUT2D eigenvalue weighted by Crippen LogP contribution is 2.30. The first-order valence-corrected chi connectivity index (χ1v) is 11.2. The van der Waals surface area contributed by atoms with E-state index in [9.17, 15) is 0 Å². The van der Waals surface area contributed by atoms with Gasteiger partial charge in [-0.3, -0.25) is 4.99 Å². The SMILES string of the molecule is CCOc1ccc(C(C)NC(=NC)NCc2cccc(OCCCOC)c2)cc1OCC. The van der Waals surface area contributed by atoms with E-state index in [2.05, 4.69) is 28.6 Å². The molecule has 0 bridgehead atoms. The Bertz CT molecular complexity index is 842. The standard InChI is InChI=1S/C25H37N3O4/c1-6-30-23-13-12-21(17-24(23)31-7-2)19(3)28-25(26-4)27-18-20-10-8-11-22(16-20)32-15-9-14-29-5/h8,10-13,16-17,19H,6-7,9,14-15,18H2,1-5H3,(H2,26,27,28). The summed E-state index contributed by atoms with van der Waals surface area (Å²) in [5.74, 6) is 3.09. The number of nitrogens with one attached hydrogen (secondary N) is 2. The Balaban J connectivity index is 1.94. The fourth-order valence-electron chi connectivity index (χ4n) is 3.14. The zero-order valence-corrected chi connectivity index (χ0v) is 19.9. The molecule has 2 rings (SSSR count). The van der Waals surface area contributed by atoms with Gasteiger partial charge in [0.25, 0.3) is 0 Å². The average Bonchev–Trinajstić information content (AvgIpc) is 2.81. The van der Waals surface area contributed by atoms with Gasteiger partial charge in [0.1, 0.15) is 5.75 Å². The molecule has 2 aromatic carbocycles. The Morgan fingerprint density at radius 1 is 0.969 bits per heavy atom. The van der Waals surface area contributed by atoms with E-state index < -0.39 is 0 Å². The van der Waals surface area contributed by atoms with E-state index in [0.29, 0.717) is 33.0 Å². The van der Waals surface area contributed by atoms with Crippen LogP contribution in [0.1, 0.15) is 44.4 Å². The van der Waals surface area contributed by atoms with Crippen molar-refractivity contribution in [2.24, 2.45) is 4.99 Å². The molecule has 0 radical (unpaired) electrons.